The van der Waals surface area contributed by atoms with Crippen molar-refractivity contribution in [2.24, 2.45) is 0 Å². The summed E-state index contributed by atoms with van der Waals surface area (Å²) in [6.45, 7) is 0. The molecule has 5 heteroatoms. The summed E-state index contributed by atoms with van der Waals surface area (Å²) in [6, 6.07) is 0. The van der Waals surface area contributed by atoms with Gasteiger partial charge < -0.3 is 11.0 Å². The molecule has 0 aromatic rings. The van der Waals surface area contributed by atoms with Crippen LogP contribution in [-0.2, 0) is 58.9 Å². The summed E-state index contributed by atoms with van der Waals surface area (Å²) in [6.07, 6.45) is 0. The molecule has 0 aromatic heterocycles. The summed E-state index contributed by atoms with van der Waals surface area (Å²) in [5.74, 6) is 0. The zero-order valence-corrected chi connectivity index (χ0v) is 10.2. The molecular weight excluding hydrogens is 378 g/mol. The minimum absolute atomic E-state index is 0. The second-order valence-corrected chi connectivity index (χ2v) is 0. The standard InChI is InChI=1S/2O.Pb.Ti.Zr/q2*-2;+2;2*+4. The van der Waals surface area contributed by atoms with E-state index in [-0.39, 0.29) is 86.2 Å². The van der Waals surface area contributed by atoms with E-state index in [9.17, 15) is 0 Å². The minimum Gasteiger partial charge on any atom is -2.00 e. The predicted molar refractivity (Wildman–Crippen MR) is 7.13 cm³/mol. The number of rotatable bonds is 0. The maximum Gasteiger partial charge on any atom is 4.00 e. The molecule has 2 nitrogen and oxygen atoms in total. The molecule has 0 fully saturated rings. The topological polar surface area (TPSA) is 57.0 Å². The molecule has 0 aliphatic heterocycles. The monoisotopic (exact) mass is 378 g/mol. The van der Waals surface area contributed by atoms with Crippen molar-refractivity contribution in [1.82, 2.24) is 0 Å². The molecule has 0 aromatic carbocycles. The average Bonchev–Trinajstić information content (AvgIpc) is 0. The molecule has 0 spiro atoms. The molecule has 0 N–H and O–H groups in total. The predicted octanol–water partition coefficient (Wildman–Crippen LogP) is -0.623. The van der Waals surface area contributed by atoms with Gasteiger partial charge in [0.25, 0.3) is 0 Å². The Labute approximate surface area is 84.9 Å². The molecule has 0 rings (SSSR count). The Bertz CT molecular complexity index is 9.61. The van der Waals surface area contributed by atoms with Crippen LogP contribution in [0.5, 0.6) is 0 Å². The maximum atomic E-state index is 0. The summed E-state index contributed by atoms with van der Waals surface area (Å²) in [5.41, 5.74) is 0. The fraction of sp³-hybridized carbons (Fsp3) is 0. The molecule has 2 radical (unpaired) electrons. The van der Waals surface area contributed by atoms with Gasteiger partial charge in [0.1, 0.15) is 0 Å². The van der Waals surface area contributed by atoms with Crippen LogP contribution in [-0.4, -0.2) is 27.3 Å². The van der Waals surface area contributed by atoms with Crippen LogP contribution in [0.15, 0.2) is 0 Å². The van der Waals surface area contributed by atoms with Gasteiger partial charge in [-0.15, -0.1) is 0 Å². The second-order valence-electron chi connectivity index (χ2n) is 0. The molecule has 0 aliphatic rings. The Morgan fingerprint density at radius 3 is 0.800 bits per heavy atom. The summed E-state index contributed by atoms with van der Waals surface area (Å²) in [4.78, 5) is 0. The molecule has 18 valence electrons. The zero-order valence-electron chi connectivity index (χ0n) is 2.32. The fourth-order valence-corrected chi connectivity index (χ4v) is 0. The fourth-order valence-electron chi connectivity index (χ4n) is 0. The van der Waals surface area contributed by atoms with Crippen LogP contribution in [0.3, 0.4) is 0 Å². The third-order valence-corrected chi connectivity index (χ3v) is 0. The molecule has 0 saturated carbocycles. The minimum atomic E-state index is 0. The van der Waals surface area contributed by atoms with Gasteiger partial charge in [-0.1, -0.05) is 0 Å². The molecular formula is O2PbTiZr+6. The second kappa shape index (κ2) is 32.0. The van der Waals surface area contributed by atoms with Gasteiger partial charge in [0, 0.05) is 0 Å². The van der Waals surface area contributed by atoms with Gasteiger partial charge in [0.2, 0.25) is 0 Å². The van der Waals surface area contributed by atoms with E-state index in [0.717, 1.165) is 0 Å². The first-order valence-electron chi connectivity index (χ1n) is 0. The Hall–Kier alpha value is 2.44. The van der Waals surface area contributed by atoms with Crippen molar-refractivity contribution < 1.29 is 58.9 Å². The molecule has 0 bridgehead atoms. The van der Waals surface area contributed by atoms with Gasteiger partial charge in [0.05, 0.1) is 0 Å². The Morgan fingerprint density at radius 1 is 0.800 bits per heavy atom. The normalized spacial score (nSPS) is 0. The summed E-state index contributed by atoms with van der Waals surface area (Å²) in [7, 11) is 0. The van der Waals surface area contributed by atoms with Crippen LogP contribution in [0, 0.1) is 0 Å². The molecule has 0 aliphatic carbocycles. The van der Waals surface area contributed by atoms with E-state index in [4.69, 9.17) is 0 Å². The molecule has 0 atom stereocenters. The first-order chi connectivity index (χ1) is 0. The van der Waals surface area contributed by atoms with Crippen molar-refractivity contribution in [3.8, 4) is 0 Å². The first kappa shape index (κ1) is 51.8. The molecule has 0 amide bonds. The third-order valence-electron chi connectivity index (χ3n) is 0. The van der Waals surface area contributed by atoms with Crippen LogP contribution in [0.4, 0.5) is 0 Å². The van der Waals surface area contributed by atoms with Crippen LogP contribution < -0.4 is 0 Å². The van der Waals surface area contributed by atoms with E-state index >= 15 is 0 Å². The van der Waals surface area contributed by atoms with Crippen molar-refractivity contribution in [2.75, 3.05) is 0 Å². The molecule has 0 heterocycles. The Kier molecular flexibility index (Phi) is 332. The quantitative estimate of drug-likeness (QED) is 0.505. The van der Waals surface area contributed by atoms with Gasteiger partial charge in [-0.2, -0.15) is 0 Å². The Balaban J connectivity index is 0. The van der Waals surface area contributed by atoms with Crippen molar-refractivity contribution in [3.05, 3.63) is 0 Å². The number of hydrogen-bond acceptors (Lipinski definition) is 0. The van der Waals surface area contributed by atoms with E-state index in [0.29, 0.717) is 0 Å². The smallest absolute Gasteiger partial charge is 2.00 e. The van der Waals surface area contributed by atoms with Crippen molar-refractivity contribution in [2.45, 2.75) is 0 Å². The maximum absolute atomic E-state index is 0. The van der Waals surface area contributed by atoms with Crippen molar-refractivity contribution in [3.63, 3.8) is 0 Å². The van der Waals surface area contributed by atoms with Gasteiger partial charge in [-0.25, -0.2) is 0 Å². The molecule has 0 unspecified atom stereocenters. The first-order valence-corrected chi connectivity index (χ1v) is 0. The van der Waals surface area contributed by atoms with Gasteiger partial charge in [-0.05, 0) is 0 Å². The molecule has 0 saturated heterocycles. The summed E-state index contributed by atoms with van der Waals surface area (Å²) < 4.78 is 0. The average molecular weight is 378 g/mol. The van der Waals surface area contributed by atoms with E-state index in [1.54, 1.807) is 0 Å². The largest absolute Gasteiger partial charge is 4.00 e. The van der Waals surface area contributed by atoms with Crippen LogP contribution in [0.25, 0.3) is 0 Å². The summed E-state index contributed by atoms with van der Waals surface area (Å²) in [5, 5.41) is 0. The summed E-state index contributed by atoms with van der Waals surface area (Å²) >= 11 is 0. The Morgan fingerprint density at radius 2 is 0.800 bits per heavy atom. The van der Waals surface area contributed by atoms with Gasteiger partial charge >= 0.3 is 75.2 Å². The van der Waals surface area contributed by atoms with Crippen LogP contribution in [0.1, 0.15) is 0 Å². The molecule has 5 heavy (non-hydrogen) atoms. The van der Waals surface area contributed by atoms with Crippen molar-refractivity contribution in [1.29, 1.82) is 0 Å². The van der Waals surface area contributed by atoms with E-state index in [1.165, 1.54) is 0 Å². The van der Waals surface area contributed by atoms with Crippen LogP contribution >= 0.6 is 0 Å². The van der Waals surface area contributed by atoms with E-state index < -0.39 is 0 Å². The van der Waals surface area contributed by atoms with Gasteiger partial charge in [-0.3, -0.25) is 0 Å². The van der Waals surface area contributed by atoms with E-state index in [2.05, 4.69) is 0 Å². The number of hydrogen-bond donors (Lipinski definition) is 0. The van der Waals surface area contributed by atoms with Crippen molar-refractivity contribution >= 4 is 27.3 Å². The SMILES string of the molecule is [O-2].[O-2].[Pb+2].[Ti+4].[Zr+4]. The van der Waals surface area contributed by atoms with E-state index in [1.807, 2.05) is 0 Å². The zero-order chi connectivity index (χ0) is 0. The van der Waals surface area contributed by atoms with Gasteiger partial charge in [0.15, 0.2) is 0 Å². The van der Waals surface area contributed by atoms with Crippen LogP contribution in [0.2, 0.25) is 0 Å². The third kappa shape index (κ3) is 21.3.